The highest BCUT2D eigenvalue weighted by Gasteiger charge is 2.62. The zero-order valence-corrected chi connectivity index (χ0v) is 18.1. The third-order valence-corrected chi connectivity index (χ3v) is 11.6. The SMILES string of the molecule is C[C@]12CC[C@H](O)CC1=CCC1C2CC[C@@]2(C)C1CCC2(I)I. The second-order valence-electron chi connectivity index (χ2n) is 8.86. The monoisotopic (exact) mass is 526 g/mol. The van der Waals surface area contributed by atoms with E-state index in [1.165, 1.54) is 38.5 Å². The van der Waals surface area contributed by atoms with Crippen LogP contribution < -0.4 is 0 Å². The van der Waals surface area contributed by atoms with Crippen molar-refractivity contribution in [2.24, 2.45) is 28.6 Å². The summed E-state index contributed by atoms with van der Waals surface area (Å²) >= 11 is 5.53. The first kappa shape index (κ1) is 16.6. The van der Waals surface area contributed by atoms with Crippen LogP contribution in [-0.4, -0.2) is 12.6 Å². The van der Waals surface area contributed by atoms with Crippen molar-refractivity contribution < 1.29 is 5.11 Å². The van der Waals surface area contributed by atoms with E-state index in [0.717, 1.165) is 30.6 Å². The molecule has 3 saturated carbocycles. The summed E-state index contributed by atoms with van der Waals surface area (Å²) in [5, 5.41) is 10.1. The van der Waals surface area contributed by atoms with Crippen molar-refractivity contribution in [1.82, 2.24) is 0 Å². The standard InChI is InChI=1S/C19H28I2O/c1-17-8-5-13(22)11-12(17)3-4-14-15(17)6-9-18(2)16(14)7-10-19(18,20)21/h3,13-16,22H,4-11H2,1-2H3/t13-,14?,15?,16?,17-,18-/m0/s1. The van der Waals surface area contributed by atoms with Gasteiger partial charge in [-0.15, -0.1) is 0 Å². The molecule has 3 unspecified atom stereocenters. The summed E-state index contributed by atoms with van der Waals surface area (Å²) in [6.07, 6.45) is 12.6. The predicted molar refractivity (Wildman–Crippen MR) is 108 cm³/mol. The summed E-state index contributed by atoms with van der Waals surface area (Å²) in [5.74, 6) is 2.69. The molecular formula is C19H28I2O. The van der Waals surface area contributed by atoms with Crippen LogP contribution in [0.1, 0.15) is 65.2 Å². The summed E-state index contributed by atoms with van der Waals surface area (Å²) in [6, 6.07) is 0. The molecule has 0 bridgehead atoms. The van der Waals surface area contributed by atoms with E-state index in [-0.39, 0.29) is 6.10 Å². The molecule has 0 radical (unpaired) electrons. The molecule has 0 aromatic heterocycles. The van der Waals surface area contributed by atoms with Crippen molar-refractivity contribution in [2.75, 3.05) is 0 Å². The highest BCUT2D eigenvalue weighted by atomic mass is 127. The molecule has 4 rings (SSSR count). The summed E-state index contributed by atoms with van der Waals surface area (Å²) < 4.78 is 0.464. The number of halogens is 2. The van der Waals surface area contributed by atoms with E-state index in [0.29, 0.717) is 12.3 Å². The second-order valence-corrected chi connectivity index (χ2v) is 14.6. The lowest BCUT2D eigenvalue weighted by Crippen LogP contribution is -2.51. The highest BCUT2D eigenvalue weighted by Crippen LogP contribution is 2.70. The third kappa shape index (κ3) is 2.16. The van der Waals surface area contributed by atoms with Crippen LogP contribution in [0.15, 0.2) is 11.6 Å². The maximum atomic E-state index is 10.1. The number of aliphatic hydroxyl groups is 1. The number of hydrogen-bond donors (Lipinski definition) is 1. The lowest BCUT2D eigenvalue weighted by molar-refractivity contribution is -0.0346. The van der Waals surface area contributed by atoms with E-state index in [9.17, 15) is 5.11 Å². The zero-order valence-electron chi connectivity index (χ0n) is 13.7. The van der Waals surface area contributed by atoms with E-state index in [1.54, 1.807) is 5.57 Å². The summed E-state index contributed by atoms with van der Waals surface area (Å²) in [4.78, 5) is 0. The van der Waals surface area contributed by atoms with Crippen molar-refractivity contribution in [3.8, 4) is 0 Å². The molecule has 0 heterocycles. The first-order valence-electron chi connectivity index (χ1n) is 9.03. The Hall–Kier alpha value is 1.16. The molecule has 3 heteroatoms. The predicted octanol–water partition coefficient (Wildman–Crippen LogP) is 5.88. The van der Waals surface area contributed by atoms with Gasteiger partial charge in [-0.2, -0.15) is 0 Å². The third-order valence-electron chi connectivity index (χ3n) is 8.07. The molecule has 22 heavy (non-hydrogen) atoms. The fraction of sp³-hybridized carbons (Fsp3) is 0.895. The van der Waals surface area contributed by atoms with E-state index >= 15 is 0 Å². The molecule has 4 aliphatic rings. The minimum atomic E-state index is -0.0763. The second kappa shape index (κ2) is 5.33. The van der Waals surface area contributed by atoms with Gasteiger partial charge in [0.25, 0.3) is 0 Å². The molecule has 0 aromatic rings. The average molecular weight is 526 g/mol. The van der Waals surface area contributed by atoms with Gasteiger partial charge >= 0.3 is 0 Å². The van der Waals surface area contributed by atoms with Crippen molar-refractivity contribution in [2.45, 2.75) is 72.7 Å². The van der Waals surface area contributed by atoms with Crippen LogP contribution >= 0.6 is 45.2 Å². The van der Waals surface area contributed by atoms with E-state index in [1.807, 2.05) is 0 Å². The molecule has 0 saturated heterocycles. The molecule has 124 valence electrons. The quantitative estimate of drug-likeness (QED) is 0.238. The van der Waals surface area contributed by atoms with Gasteiger partial charge in [0.05, 0.1) is 7.53 Å². The molecule has 0 aliphatic heterocycles. The highest BCUT2D eigenvalue weighted by molar-refractivity contribution is 14.2. The van der Waals surface area contributed by atoms with Crippen LogP contribution in [-0.2, 0) is 0 Å². The normalized spacial score (nSPS) is 53.2. The zero-order chi connectivity index (χ0) is 15.8. The Morgan fingerprint density at radius 1 is 1.05 bits per heavy atom. The van der Waals surface area contributed by atoms with Gasteiger partial charge in [-0.1, -0.05) is 70.7 Å². The van der Waals surface area contributed by atoms with Crippen LogP contribution in [0.25, 0.3) is 0 Å². The molecule has 3 fully saturated rings. The fourth-order valence-corrected chi connectivity index (χ4v) is 8.53. The van der Waals surface area contributed by atoms with Gasteiger partial charge in [0.2, 0.25) is 0 Å². The number of aliphatic hydroxyl groups excluding tert-OH is 1. The fourth-order valence-electron chi connectivity index (χ4n) is 6.57. The number of alkyl halides is 2. The van der Waals surface area contributed by atoms with Gasteiger partial charge in [-0.25, -0.2) is 0 Å². The van der Waals surface area contributed by atoms with Crippen LogP contribution in [0.2, 0.25) is 0 Å². The Morgan fingerprint density at radius 2 is 1.77 bits per heavy atom. The summed E-state index contributed by atoms with van der Waals surface area (Å²) in [5.41, 5.74) is 2.53. The number of allylic oxidation sites excluding steroid dienone is 1. The van der Waals surface area contributed by atoms with Crippen LogP contribution in [0.3, 0.4) is 0 Å². The first-order valence-corrected chi connectivity index (χ1v) is 11.2. The maximum Gasteiger partial charge on any atom is 0.0790 e. The Bertz CT molecular complexity index is 514. The number of hydrogen-bond acceptors (Lipinski definition) is 1. The largest absolute Gasteiger partial charge is 0.393 e. The molecule has 1 nitrogen and oxygen atoms in total. The van der Waals surface area contributed by atoms with Crippen LogP contribution in [0, 0.1) is 28.6 Å². The van der Waals surface area contributed by atoms with Crippen molar-refractivity contribution in [1.29, 1.82) is 0 Å². The van der Waals surface area contributed by atoms with Gasteiger partial charge in [-0.3, -0.25) is 0 Å². The van der Waals surface area contributed by atoms with Crippen LogP contribution in [0.4, 0.5) is 0 Å². The maximum absolute atomic E-state index is 10.1. The Labute approximate surface area is 162 Å². The number of fused-ring (bicyclic) bond motifs is 5. The first-order chi connectivity index (χ1) is 10.3. The van der Waals surface area contributed by atoms with Crippen LogP contribution in [0.5, 0.6) is 0 Å². The minimum absolute atomic E-state index is 0.0763. The lowest BCUT2D eigenvalue weighted by Gasteiger charge is -2.58. The van der Waals surface area contributed by atoms with Gasteiger partial charge in [0, 0.05) is 0 Å². The number of rotatable bonds is 0. The Morgan fingerprint density at radius 3 is 2.55 bits per heavy atom. The molecule has 4 aliphatic carbocycles. The molecule has 6 atom stereocenters. The summed E-state index contributed by atoms with van der Waals surface area (Å²) in [6.45, 7) is 5.12. The van der Waals surface area contributed by atoms with Crippen molar-refractivity contribution >= 4 is 45.2 Å². The lowest BCUT2D eigenvalue weighted by atomic mass is 9.48. The topological polar surface area (TPSA) is 20.2 Å². The van der Waals surface area contributed by atoms with Gasteiger partial charge in [0.15, 0.2) is 0 Å². The molecule has 0 spiro atoms. The summed E-state index contributed by atoms with van der Waals surface area (Å²) in [7, 11) is 0. The minimum Gasteiger partial charge on any atom is -0.393 e. The van der Waals surface area contributed by atoms with Gasteiger partial charge in [0.1, 0.15) is 0 Å². The van der Waals surface area contributed by atoms with Crippen molar-refractivity contribution in [3.05, 3.63) is 11.6 Å². The Balaban J connectivity index is 1.69. The molecule has 0 aromatic carbocycles. The van der Waals surface area contributed by atoms with E-state index in [4.69, 9.17) is 0 Å². The Kier molecular flexibility index (Phi) is 4.02. The molecule has 0 amide bonds. The average Bonchev–Trinajstić information content (AvgIpc) is 2.70. The van der Waals surface area contributed by atoms with Gasteiger partial charge < -0.3 is 5.11 Å². The molecular weight excluding hydrogens is 498 g/mol. The molecule has 1 N–H and O–H groups in total. The van der Waals surface area contributed by atoms with E-state index < -0.39 is 0 Å². The van der Waals surface area contributed by atoms with Gasteiger partial charge in [-0.05, 0) is 80.0 Å². The smallest absolute Gasteiger partial charge is 0.0790 e. The van der Waals surface area contributed by atoms with Crippen molar-refractivity contribution in [3.63, 3.8) is 0 Å². The van der Waals surface area contributed by atoms with E-state index in [2.05, 4.69) is 65.1 Å².